The van der Waals surface area contributed by atoms with Crippen LogP contribution in [0, 0.1) is 11.8 Å². The van der Waals surface area contributed by atoms with Crippen LogP contribution >= 0.6 is 0 Å². The minimum Gasteiger partial charge on any atom is -0.508 e. The largest absolute Gasteiger partial charge is 0.508 e. The maximum Gasteiger partial charge on any atom is 0.326 e. The van der Waals surface area contributed by atoms with Crippen LogP contribution in [-0.2, 0) is 41.6 Å². The molecule has 21 heteroatoms. The Labute approximate surface area is 361 Å². The molecule has 2 aromatic rings. The number of nitrogens with two attached hydrogens (primary N) is 5. The Kier molecular flexibility index (Phi) is 21.5. The summed E-state index contributed by atoms with van der Waals surface area (Å²) in [6.07, 6.45) is 1.08. The highest BCUT2D eigenvalue weighted by molar-refractivity contribution is 5.96. The minimum absolute atomic E-state index is 0.0151. The molecular formula is C41H64N12O9. The highest BCUT2D eigenvalue weighted by Gasteiger charge is 2.35. The number of guanidine groups is 2. The van der Waals surface area contributed by atoms with Gasteiger partial charge < -0.3 is 70.6 Å². The lowest BCUT2D eigenvalue weighted by Gasteiger charge is -2.30. The first kappa shape index (κ1) is 51.5. The van der Waals surface area contributed by atoms with Gasteiger partial charge in [-0.25, -0.2) is 4.79 Å². The lowest BCUT2D eigenvalue weighted by molar-refractivity contribution is -0.142. The van der Waals surface area contributed by atoms with E-state index in [9.17, 15) is 44.1 Å². The Morgan fingerprint density at radius 3 is 1.47 bits per heavy atom. The third kappa shape index (κ3) is 18.3. The summed E-state index contributed by atoms with van der Waals surface area (Å²) in [6.45, 7) is 7.19. The van der Waals surface area contributed by atoms with Crippen LogP contribution in [-0.4, -0.2) is 112 Å². The number of hydrogen-bond acceptors (Lipinski definition) is 11. The van der Waals surface area contributed by atoms with Crippen LogP contribution in [0.5, 0.6) is 11.5 Å². The summed E-state index contributed by atoms with van der Waals surface area (Å²) in [7, 11) is 0. The molecule has 7 atom stereocenters. The predicted octanol–water partition coefficient (Wildman–Crippen LogP) is -1.47. The minimum atomic E-state index is -1.38. The summed E-state index contributed by atoms with van der Waals surface area (Å²) in [5, 5.41) is 42.7. The van der Waals surface area contributed by atoms with E-state index < -0.39 is 83.6 Å². The van der Waals surface area contributed by atoms with Gasteiger partial charge in [-0.05, 0) is 72.9 Å². The molecule has 0 unspecified atom stereocenters. The summed E-state index contributed by atoms with van der Waals surface area (Å²) in [5.41, 5.74) is 28.7. The number of nitrogens with one attached hydrogen (secondary N) is 5. The molecule has 18 N–H and O–H groups in total. The summed E-state index contributed by atoms with van der Waals surface area (Å²) in [4.78, 5) is 89.0. The summed E-state index contributed by atoms with van der Waals surface area (Å²) in [5.74, 6) is -6.38. The number of phenolic OH excluding ortho intramolecular Hbond substituents is 2. The van der Waals surface area contributed by atoms with Crippen LogP contribution in [0.4, 0.5) is 0 Å². The summed E-state index contributed by atoms with van der Waals surface area (Å²) < 4.78 is 0. The zero-order valence-electron chi connectivity index (χ0n) is 35.7. The van der Waals surface area contributed by atoms with Gasteiger partial charge in [-0.3, -0.25) is 34.0 Å². The standard InChI is InChI=1S/C41H64N12O9/c1-5-23(4)33(38(60)51-31(39(61)62)21-25-12-16-27(55)17-13-25)53-36(58)30(20-24-10-14-26(54)15-11-24)50-37(59)32(22(2)3)52-35(57)29(9-7-19-48-41(45)46)49-34(56)28(42)8-6-18-47-40(43)44/h10-17,22-23,28-33,54-55H,5-9,18-21,42H2,1-4H3,(H,49,56)(H,50,59)(H,51,60)(H,52,57)(H,53,58)(H,61,62)(H4,43,44,47)(H4,45,46,48)/t23-,28-,29-,30-,31-,32-,33-/m0/s1. The Hall–Kier alpha value is -6.64. The fourth-order valence-electron chi connectivity index (χ4n) is 6.11. The molecule has 342 valence electrons. The second-order valence-electron chi connectivity index (χ2n) is 15.4. The number of hydrogen-bond donors (Lipinski definition) is 13. The molecule has 0 heterocycles. The molecule has 0 saturated carbocycles. The molecule has 0 fully saturated rings. The molecule has 0 aromatic heterocycles. The number of benzene rings is 2. The quantitative estimate of drug-likeness (QED) is 0.0292. The number of phenols is 2. The van der Waals surface area contributed by atoms with Gasteiger partial charge in [-0.1, -0.05) is 58.4 Å². The van der Waals surface area contributed by atoms with Gasteiger partial charge in [0.25, 0.3) is 0 Å². The van der Waals surface area contributed by atoms with Crippen molar-refractivity contribution in [2.75, 3.05) is 13.1 Å². The first-order chi connectivity index (χ1) is 29.2. The molecule has 0 bridgehead atoms. The third-order valence-corrected chi connectivity index (χ3v) is 9.92. The molecule has 0 spiro atoms. The van der Waals surface area contributed by atoms with Gasteiger partial charge >= 0.3 is 5.97 Å². The van der Waals surface area contributed by atoms with Crippen LogP contribution in [0.15, 0.2) is 58.5 Å². The number of carbonyl (C=O) groups is 6. The highest BCUT2D eigenvalue weighted by Crippen LogP contribution is 2.16. The van der Waals surface area contributed by atoms with E-state index >= 15 is 0 Å². The van der Waals surface area contributed by atoms with Crippen molar-refractivity contribution in [2.24, 2.45) is 50.5 Å². The molecule has 2 aromatic carbocycles. The van der Waals surface area contributed by atoms with E-state index in [1.165, 1.54) is 36.4 Å². The van der Waals surface area contributed by atoms with Crippen molar-refractivity contribution in [3.8, 4) is 11.5 Å². The van der Waals surface area contributed by atoms with Crippen molar-refractivity contribution in [2.45, 2.75) is 109 Å². The van der Waals surface area contributed by atoms with Gasteiger partial charge in [0.1, 0.15) is 41.7 Å². The van der Waals surface area contributed by atoms with Gasteiger partial charge in [0.15, 0.2) is 11.9 Å². The average Bonchev–Trinajstić information content (AvgIpc) is 3.21. The lowest BCUT2D eigenvalue weighted by atomic mass is 9.96. The lowest BCUT2D eigenvalue weighted by Crippen LogP contribution is -2.61. The summed E-state index contributed by atoms with van der Waals surface area (Å²) >= 11 is 0. The zero-order chi connectivity index (χ0) is 46.5. The number of aliphatic carboxylic acids is 1. The van der Waals surface area contributed by atoms with Crippen molar-refractivity contribution < 1.29 is 44.1 Å². The number of carbonyl (C=O) groups excluding carboxylic acids is 5. The molecule has 0 aliphatic rings. The fraction of sp³-hybridized carbons (Fsp3) is 0.512. The molecular weight excluding hydrogens is 805 g/mol. The predicted molar refractivity (Wildman–Crippen MR) is 233 cm³/mol. The van der Waals surface area contributed by atoms with E-state index in [1.54, 1.807) is 39.8 Å². The number of carboxylic acid groups (broad SMARTS) is 1. The molecule has 2 rings (SSSR count). The topological polar surface area (TPSA) is 378 Å². The van der Waals surface area contributed by atoms with Gasteiger partial charge in [0.2, 0.25) is 29.5 Å². The zero-order valence-corrected chi connectivity index (χ0v) is 35.7. The Morgan fingerprint density at radius 1 is 0.581 bits per heavy atom. The van der Waals surface area contributed by atoms with Crippen LogP contribution in [0.25, 0.3) is 0 Å². The molecule has 21 nitrogen and oxygen atoms in total. The molecule has 0 radical (unpaired) electrons. The van der Waals surface area contributed by atoms with E-state index in [2.05, 4.69) is 36.6 Å². The number of carboxylic acids is 1. The van der Waals surface area contributed by atoms with Crippen molar-refractivity contribution >= 4 is 47.4 Å². The van der Waals surface area contributed by atoms with E-state index in [4.69, 9.17) is 28.7 Å². The molecule has 0 aliphatic carbocycles. The van der Waals surface area contributed by atoms with Crippen molar-refractivity contribution in [1.82, 2.24) is 26.6 Å². The second kappa shape index (κ2) is 25.9. The Morgan fingerprint density at radius 2 is 1.00 bits per heavy atom. The number of rotatable bonds is 26. The van der Waals surface area contributed by atoms with Crippen molar-refractivity contribution in [1.29, 1.82) is 0 Å². The number of nitrogens with zero attached hydrogens (tertiary/aromatic N) is 2. The SMILES string of the molecule is CC[C@H](C)[C@H](NC(=O)[C@H](Cc1ccc(O)cc1)NC(=O)[C@@H](NC(=O)[C@H](CCCN=C(N)N)NC(=O)[C@@H](N)CCCN=C(N)N)C(C)C)C(=O)N[C@@H](Cc1ccc(O)cc1)C(=O)O. The normalized spacial score (nSPS) is 14.4. The van der Waals surface area contributed by atoms with E-state index in [0.29, 0.717) is 24.0 Å². The number of aliphatic imine (C=N–C) groups is 2. The van der Waals surface area contributed by atoms with Gasteiger partial charge in [-0.2, -0.15) is 0 Å². The fourth-order valence-corrected chi connectivity index (χ4v) is 6.11. The monoisotopic (exact) mass is 868 g/mol. The number of amides is 5. The highest BCUT2D eigenvalue weighted by atomic mass is 16.4. The van der Waals surface area contributed by atoms with E-state index in [0.717, 1.165) is 0 Å². The first-order valence-electron chi connectivity index (χ1n) is 20.4. The number of aromatic hydroxyl groups is 2. The Bertz CT molecular complexity index is 1850. The molecule has 5 amide bonds. The molecule has 0 saturated heterocycles. The Balaban J connectivity index is 2.37. The van der Waals surface area contributed by atoms with Crippen LogP contribution in [0.1, 0.15) is 70.9 Å². The summed E-state index contributed by atoms with van der Waals surface area (Å²) in [6, 6.07) is 4.31. The van der Waals surface area contributed by atoms with E-state index in [-0.39, 0.29) is 68.6 Å². The maximum atomic E-state index is 14.2. The van der Waals surface area contributed by atoms with Crippen LogP contribution < -0.4 is 55.3 Å². The first-order valence-corrected chi connectivity index (χ1v) is 20.4. The second-order valence-corrected chi connectivity index (χ2v) is 15.4. The van der Waals surface area contributed by atoms with Crippen LogP contribution in [0.3, 0.4) is 0 Å². The van der Waals surface area contributed by atoms with Gasteiger partial charge in [0, 0.05) is 25.9 Å². The third-order valence-electron chi connectivity index (χ3n) is 9.92. The van der Waals surface area contributed by atoms with E-state index in [1.807, 2.05) is 0 Å². The van der Waals surface area contributed by atoms with Crippen molar-refractivity contribution in [3.05, 3.63) is 59.7 Å². The van der Waals surface area contributed by atoms with Crippen molar-refractivity contribution in [3.63, 3.8) is 0 Å². The van der Waals surface area contributed by atoms with Gasteiger partial charge in [-0.15, -0.1) is 0 Å². The molecule has 0 aliphatic heterocycles. The maximum absolute atomic E-state index is 14.2. The average molecular weight is 869 g/mol. The smallest absolute Gasteiger partial charge is 0.326 e. The molecule has 62 heavy (non-hydrogen) atoms. The van der Waals surface area contributed by atoms with Gasteiger partial charge in [0.05, 0.1) is 6.04 Å². The van der Waals surface area contributed by atoms with Crippen LogP contribution in [0.2, 0.25) is 0 Å².